The molecule has 0 aromatic heterocycles. The second-order valence-electron chi connectivity index (χ2n) is 6.95. The predicted octanol–water partition coefficient (Wildman–Crippen LogP) is 2.63. The van der Waals surface area contributed by atoms with Crippen molar-refractivity contribution < 1.29 is 0 Å². The van der Waals surface area contributed by atoms with E-state index in [2.05, 4.69) is 4.90 Å². The van der Waals surface area contributed by atoms with Gasteiger partial charge in [0.05, 0.1) is 0 Å². The molecule has 0 spiro atoms. The Morgan fingerprint density at radius 1 is 1.00 bits per heavy atom. The van der Waals surface area contributed by atoms with Crippen LogP contribution >= 0.6 is 0 Å². The zero-order chi connectivity index (χ0) is 11.7. The third-order valence-electron chi connectivity index (χ3n) is 5.23. The largest absolute Gasteiger partial charge is 0.330 e. The van der Waals surface area contributed by atoms with Gasteiger partial charge < -0.3 is 10.6 Å². The Hall–Kier alpha value is -0.0800. The smallest absolute Gasteiger partial charge is 0.000978 e. The van der Waals surface area contributed by atoms with E-state index < -0.39 is 0 Å². The number of hydrogen-bond acceptors (Lipinski definition) is 2. The van der Waals surface area contributed by atoms with Gasteiger partial charge in [-0.05, 0) is 75.3 Å². The van der Waals surface area contributed by atoms with E-state index in [1.54, 1.807) is 0 Å². The maximum atomic E-state index is 5.96. The molecule has 0 aromatic rings. The Morgan fingerprint density at radius 3 is 1.94 bits per heavy atom. The van der Waals surface area contributed by atoms with Gasteiger partial charge in [0.1, 0.15) is 0 Å². The Kier molecular flexibility index (Phi) is 3.45. The lowest BCUT2D eigenvalue weighted by Gasteiger charge is -2.42. The van der Waals surface area contributed by atoms with Crippen molar-refractivity contribution >= 4 is 0 Å². The minimum absolute atomic E-state index is 0.547. The summed E-state index contributed by atoms with van der Waals surface area (Å²) < 4.78 is 0. The molecule has 3 aliphatic carbocycles. The minimum atomic E-state index is 0.547. The summed E-state index contributed by atoms with van der Waals surface area (Å²) >= 11 is 0. The summed E-state index contributed by atoms with van der Waals surface area (Å²) in [7, 11) is 0. The van der Waals surface area contributed by atoms with Crippen LogP contribution in [0.4, 0.5) is 0 Å². The second-order valence-corrected chi connectivity index (χ2v) is 6.95. The topological polar surface area (TPSA) is 29.3 Å². The molecule has 2 N–H and O–H groups in total. The van der Waals surface area contributed by atoms with Crippen LogP contribution in [-0.2, 0) is 0 Å². The first-order valence-electron chi connectivity index (χ1n) is 7.72. The average molecular weight is 236 g/mol. The molecule has 3 rings (SSSR count). The Labute approximate surface area is 106 Å². The highest BCUT2D eigenvalue weighted by atomic mass is 15.1. The number of rotatable bonds is 8. The van der Waals surface area contributed by atoms with Gasteiger partial charge in [0.25, 0.3) is 0 Å². The van der Waals surface area contributed by atoms with Crippen LogP contribution in [0, 0.1) is 17.3 Å². The van der Waals surface area contributed by atoms with Gasteiger partial charge in [-0.3, -0.25) is 0 Å². The van der Waals surface area contributed by atoms with Crippen LogP contribution in [0.1, 0.15) is 51.4 Å². The van der Waals surface area contributed by atoms with Crippen molar-refractivity contribution in [1.29, 1.82) is 0 Å². The molecule has 17 heavy (non-hydrogen) atoms. The van der Waals surface area contributed by atoms with E-state index in [0.717, 1.165) is 18.4 Å². The fraction of sp³-hybridized carbons (Fsp3) is 1.00. The fourth-order valence-electron chi connectivity index (χ4n) is 3.22. The van der Waals surface area contributed by atoms with Gasteiger partial charge in [-0.15, -0.1) is 0 Å². The molecule has 2 nitrogen and oxygen atoms in total. The number of nitrogens with two attached hydrogens (primary N) is 1. The summed E-state index contributed by atoms with van der Waals surface area (Å²) in [6, 6.07) is 0. The van der Waals surface area contributed by atoms with Crippen molar-refractivity contribution in [3.8, 4) is 0 Å². The lowest BCUT2D eigenvalue weighted by atomic mass is 9.66. The van der Waals surface area contributed by atoms with E-state index in [1.807, 2.05) is 0 Å². The molecule has 3 aliphatic rings. The van der Waals surface area contributed by atoms with Crippen LogP contribution in [0.5, 0.6) is 0 Å². The van der Waals surface area contributed by atoms with Gasteiger partial charge in [-0.2, -0.15) is 0 Å². The molecule has 3 fully saturated rings. The highest BCUT2D eigenvalue weighted by molar-refractivity contribution is 4.90. The Morgan fingerprint density at radius 2 is 1.59 bits per heavy atom. The van der Waals surface area contributed by atoms with Crippen LogP contribution in [0.15, 0.2) is 0 Å². The van der Waals surface area contributed by atoms with Crippen LogP contribution < -0.4 is 5.73 Å². The van der Waals surface area contributed by atoms with Crippen molar-refractivity contribution in [2.24, 2.45) is 23.0 Å². The summed E-state index contributed by atoms with van der Waals surface area (Å²) in [4.78, 5) is 2.77. The summed E-state index contributed by atoms with van der Waals surface area (Å²) in [6.07, 6.45) is 11.5. The van der Waals surface area contributed by atoms with Crippen LogP contribution in [-0.4, -0.2) is 31.1 Å². The van der Waals surface area contributed by atoms with Gasteiger partial charge in [0.15, 0.2) is 0 Å². The molecule has 0 aromatic carbocycles. The molecular weight excluding hydrogens is 208 g/mol. The third kappa shape index (κ3) is 3.23. The standard InChI is InChI=1S/C15H28N2/c16-12-15(6-1-7-15)8-9-17(10-13-2-3-13)11-14-4-5-14/h13-14H,1-12,16H2. The van der Waals surface area contributed by atoms with E-state index in [0.29, 0.717) is 5.41 Å². The maximum absolute atomic E-state index is 5.96. The van der Waals surface area contributed by atoms with Gasteiger partial charge in [0.2, 0.25) is 0 Å². The molecule has 0 unspecified atom stereocenters. The van der Waals surface area contributed by atoms with Crippen molar-refractivity contribution in [2.45, 2.75) is 51.4 Å². The molecule has 0 atom stereocenters. The molecule has 0 aliphatic heterocycles. The lowest BCUT2D eigenvalue weighted by Crippen LogP contribution is -2.41. The molecule has 2 heteroatoms. The highest BCUT2D eigenvalue weighted by Gasteiger charge is 2.36. The van der Waals surface area contributed by atoms with Gasteiger partial charge in [0, 0.05) is 13.1 Å². The molecule has 0 saturated heterocycles. The van der Waals surface area contributed by atoms with Crippen molar-refractivity contribution in [1.82, 2.24) is 4.90 Å². The quantitative estimate of drug-likeness (QED) is 0.702. The third-order valence-corrected chi connectivity index (χ3v) is 5.23. The molecular formula is C15H28N2. The Balaban J connectivity index is 1.44. The summed E-state index contributed by atoms with van der Waals surface area (Å²) in [5.74, 6) is 2.09. The fourth-order valence-corrected chi connectivity index (χ4v) is 3.22. The van der Waals surface area contributed by atoms with Crippen molar-refractivity contribution in [3.05, 3.63) is 0 Å². The van der Waals surface area contributed by atoms with Crippen molar-refractivity contribution in [2.75, 3.05) is 26.2 Å². The Bertz CT molecular complexity index is 232. The van der Waals surface area contributed by atoms with Crippen LogP contribution in [0.25, 0.3) is 0 Å². The van der Waals surface area contributed by atoms with Crippen molar-refractivity contribution in [3.63, 3.8) is 0 Å². The maximum Gasteiger partial charge on any atom is 0.000978 e. The number of hydrogen-bond donors (Lipinski definition) is 1. The monoisotopic (exact) mass is 236 g/mol. The summed E-state index contributed by atoms with van der Waals surface area (Å²) in [5.41, 5.74) is 6.51. The molecule has 98 valence electrons. The van der Waals surface area contributed by atoms with E-state index in [1.165, 1.54) is 71.0 Å². The number of nitrogens with zero attached hydrogens (tertiary/aromatic N) is 1. The predicted molar refractivity (Wildman–Crippen MR) is 71.8 cm³/mol. The van der Waals surface area contributed by atoms with E-state index in [4.69, 9.17) is 5.73 Å². The first-order valence-corrected chi connectivity index (χ1v) is 7.72. The second kappa shape index (κ2) is 4.89. The zero-order valence-corrected chi connectivity index (χ0v) is 11.2. The first kappa shape index (κ1) is 12.0. The normalized spacial score (nSPS) is 27.2. The summed E-state index contributed by atoms with van der Waals surface area (Å²) in [5, 5.41) is 0. The van der Waals surface area contributed by atoms with E-state index >= 15 is 0 Å². The molecule has 0 amide bonds. The van der Waals surface area contributed by atoms with Crippen LogP contribution in [0.2, 0.25) is 0 Å². The average Bonchev–Trinajstić information content (AvgIpc) is 3.11. The SMILES string of the molecule is NCC1(CCN(CC2CC2)CC2CC2)CCC1. The van der Waals surface area contributed by atoms with E-state index in [9.17, 15) is 0 Å². The zero-order valence-electron chi connectivity index (χ0n) is 11.2. The molecule has 0 bridgehead atoms. The lowest BCUT2D eigenvalue weighted by molar-refractivity contribution is 0.103. The van der Waals surface area contributed by atoms with Gasteiger partial charge in [-0.1, -0.05) is 6.42 Å². The summed E-state index contributed by atoms with van der Waals surface area (Å²) in [6.45, 7) is 5.02. The van der Waals surface area contributed by atoms with Gasteiger partial charge in [-0.25, -0.2) is 0 Å². The highest BCUT2D eigenvalue weighted by Crippen LogP contribution is 2.43. The molecule has 3 saturated carbocycles. The van der Waals surface area contributed by atoms with Gasteiger partial charge >= 0.3 is 0 Å². The molecule has 0 radical (unpaired) electrons. The first-order chi connectivity index (χ1) is 8.30. The van der Waals surface area contributed by atoms with E-state index in [-0.39, 0.29) is 0 Å². The van der Waals surface area contributed by atoms with Crippen LogP contribution in [0.3, 0.4) is 0 Å². The minimum Gasteiger partial charge on any atom is -0.330 e. The molecule has 0 heterocycles.